The van der Waals surface area contributed by atoms with E-state index >= 15 is 0 Å². The van der Waals surface area contributed by atoms with Gasteiger partial charge in [-0.15, -0.1) is 0 Å². The molecule has 1 amide bonds. The molecule has 2 aromatic rings. The maximum Gasteiger partial charge on any atom is 0.230 e. The molecule has 1 aliphatic carbocycles. The van der Waals surface area contributed by atoms with Gasteiger partial charge in [-0.1, -0.05) is 6.07 Å². The minimum atomic E-state index is -0.321. The number of halogens is 1. The Balaban J connectivity index is 1.75. The fourth-order valence-corrected chi connectivity index (χ4v) is 2.78. The molecule has 0 spiro atoms. The smallest absolute Gasteiger partial charge is 0.230 e. The molecule has 0 N–H and O–H groups in total. The van der Waals surface area contributed by atoms with Crippen LogP contribution in [-0.2, 0) is 11.8 Å². The highest BCUT2D eigenvalue weighted by Gasteiger charge is 2.46. The van der Waals surface area contributed by atoms with Crippen LogP contribution < -0.4 is 4.90 Å². The van der Waals surface area contributed by atoms with Gasteiger partial charge in [0.25, 0.3) is 0 Å². The van der Waals surface area contributed by atoms with Crippen LogP contribution in [0, 0.1) is 11.7 Å². The van der Waals surface area contributed by atoms with E-state index in [1.165, 1.54) is 12.1 Å². The summed E-state index contributed by atoms with van der Waals surface area (Å²) in [5.41, 5.74) is 1.73. The average Bonchev–Trinajstić information content (AvgIpc) is 3.15. The fourth-order valence-electron chi connectivity index (χ4n) is 2.78. The van der Waals surface area contributed by atoms with Gasteiger partial charge >= 0.3 is 0 Å². The monoisotopic (exact) mass is 287 g/mol. The molecule has 4 nitrogen and oxygen atoms in total. The summed E-state index contributed by atoms with van der Waals surface area (Å²) in [6, 6.07) is 6.19. The van der Waals surface area contributed by atoms with E-state index in [2.05, 4.69) is 5.10 Å². The Bertz CT molecular complexity index is 667. The summed E-state index contributed by atoms with van der Waals surface area (Å²) in [6.07, 6.45) is 4.61. The first-order valence-corrected chi connectivity index (χ1v) is 7.15. The summed E-state index contributed by atoms with van der Waals surface area (Å²) in [4.78, 5) is 14.3. The number of amides is 1. The van der Waals surface area contributed by atoms with Crippen LogP contribution in [0.2, 0.25) is 0 Å². The van der Waals surface area contributed by atoms with Crippen LogP contribution >= 0.6 is 0 Å². The quantitative estimate of drug-likeness (QED) is 0.867. The summed E-state index contributed by atoms with van der Waals surface area (Å²) in [5, 5.41) is 4.15. The van der Waals surface area contributed by atoms with Gasteiger partial charge in [-0.25, -0.2) is 4.39 Å². The molecular weight excluding hydrogens is 269 g/mol. The highest BCUT2D eigenvalue weighted by molar-refractivity contribution is 5.97. The molecule has 110 valence electrons. The number of aromatic nitrogens is 2. The normalized spacial score (nSPS) is 20.3. The minimum Gasteiger partial charge on any atom is -0.312 e. The topological polar surface area (TPSA) is 38.1 Å². The molecule has 1 heterocycles. The van der Waals surface area contributed by atoms with Crippen LogP contribution in [0.15, 0.2) is 36.7 Å². The second-order valence-electron chi connectivity index (χ2n) is 5.46. The molecule has 0 bridgehead atoms. The van der Waals surface area contributed by atoms with E-state index in [4.69, 9.17) is 0 Å². The third kappa shape index (κ3) is 2.68. The molecule has 3 rings (SSSR count). The maximum atomic E-state index is 13.3. The number of carbonyl (C=O) groups is 1. The fraction of sp³-hybridized carbons (Fsp3) is 0.375. The van der Waals surface area contributed by atoms with Gasteiger partial charge in [0.15, 0.2) is 0 Å². The van der Waals surface area contributed by atoms with Gasteiger partial charge in [-0.3, -0.25) is 9.48 Å². The van der Waals surface area contributed by atoms with Crippen LogP contribution in [0.5, 0.6) is 0 Å². The van der Waals surface area contributed by atoms with Gasteiger partial charge in [-0.05, 0) is 43.0 Å². The van der Waals surface area contributed by atoms with Crippen molar-refractivity contribution in [2.24, 2.45) is 13.0 Å². The zero-order valence-corrected chi connectivity index (χ0v) is 12.2. The molecule has 1 saturated carbocycles. The molecular formula is C16H18FN3O. The van der Waals surface area contributed by atoms with Crippen molar-refractivity contribution in [3.8, 4) is 0 Å². The number of carbonyl (C=O) groups excluding carboxylic acids is 1. The van der Waals surface area contributed by atoms with Gasteiger partial charge in [0.05, 0.1) is 6.20 Å². The molecule has 1 fully saturated rings. The maximum absolute atomic E-state index is 13.3. The van der Waals surface area contributed by atoms with Crippen LogP contribution in [-0.4, -0.2) is 22.2 Å². The lowest BCUT2D eigenvalue weighted by Crippen LogP contribution is -2.32. The molecule has 1 aromatic heterocycles. The van der Waals surface area contributed by atoms with Crippen molar-refractivity contribution in [2.75, 3.05) is 11.4 Å². The number of benzene rings is 1. The van der Waals surface area contributed by atoms with Crippen molar-refractivity contribution in [2.45, 2.75) is 19.3 Å². The lowest BCUT2D eigenvalue weighted by molar-refractivity contribution is -0.119. The van der Waals surface area contributed by atoms with Crippen LogP contribution in [0.4, 0.5) is 10.1 Å². The number of hydrogen-bond acceptors (Lipinski definition) is 2. The van der Waals surface area contributed by atoms with Gasteiger partial charge in [0.2, 0.25) is 5.91 Å². The first-order valence-electron chi connectivity index (χ1n) is 7.15. The summed E-state index contributed by atoms with van der Waals surface area (Å²) in [5.74, 6) is -0.0264. The standard InChI is InChI=1S/C16H18FN3O/c1-3-20(13-6-4-5-12(17)7-13)16(21)15-8-14(15)11-9-18-19(2)10-11/h4-7,9-10,14-15H,3,8H2,1-2H3. The van der Waals surface area contributed by atoms with Crippen molar-refractivity contribution in [3.05, 3.63) is 48.0 Å². The van der Waals surface area contributed by atoms with E-state index in [1.807, 2.05) is 26.4 Å². The molecule has 1 aromatic carbocycles. The Morgan fingerprint density at radius 1 is 1.52 bits per heavy atom. The van der Waals surface area contributed by atoms with Gasteiger partial charge in [0.1, 0.15) is 5.82 Å². The molecule has 1 aliphatic rings. The molecule has 2 atom stereocenters. The van der Waals surface area contributed by atoms with Crippen molar-refractivity contribution >= 4 is 11.6 Å². The van der Waals surface area contributed by atoms with E-state index < -0.39 is 0 Å². The molecule has 0 radical (unpaired) electrons. The molecule has 5 heteroatoms. The second kappa shape index (κ2) is 5.31. The molecule has 0 aliphatic heterocycles. The number of nitrogens with zero attached hydrogens (tertiary/aromatic N) is 3. The average molecular weight is 287 g/mol. The van der Waals surface area contributed by atoms with Crippen molar-refractivity contribution in [3.63, 3.8) is 0 Å². The van der Waals surface area contributed by atoms with E-state index in [1.54, 1.807) is 21.7 Å². The third-order valence-electron chi connectivity index (χ3n) is 3.96. The Hall–Kier alpha value is -2.17. The first kappa shape index (κ1) is 13.8. The molecule has 21 heavy (non-hydrogen) atoms. The minimum absolute atomic E-state index is 0.0163. The van der Waals surface area contributed by atoms with E-state index in [0.29, 0.717) is 12.2 Å². The first-order chi connectivity index (χ1) is 10.1. The summed E-state index contributed by atoms with van der Waals surface area (Å²) in [7, 11) is 1.87. The van der Waals surface area contributed by atoms with Crippen molar-refractivity contribution in [1.29, 1.82) is 0 Å². The Morgan fingerprint density at radius 2 is 2.33 bits per heavy atom. The van der Waals surface area contributed by atoms with Gasteiger partial charge in [0, 0.05) is 31.4 Å². The number of aryl methyl sites for hydroxylation is 1. The SMILES string of the molecule is CCN(C(=O)C1CC1c1cnn(C)c1)c1cccc(F)c1. The van der Waals surface area contributed by atoms with Crippen molar-refractivity contribution in [1.82, 2.24) is 9.78 Å². The molecule has 2 unspecified atom stereocenters. The highest BCUT2D eigenvalue weighted by atomic mass is 19.1. The Kier molecular flexibility index (Phi) is 3.49. The highest BCUT2D eigenvalue weighted by Crippen LogP contribution is 2.48. The van der Waals surface area contributed by atoms with Gasteiger partial charge < -0.3 is 4.90 Å². The summed E-state index contributed by atoms with van der Waals surface area (Å²) < 4.78 is 15.1. The summed E-state index contributed by atoms with van der Waals surface area (Å²) >= 11 is 0. The van der Waals surface area contributed by atoms with Gasteiger partial charge in [-0.2, -0.15) is 5.10 Å². The van der Waals surface area contributed by atoms with Crippen LogP contribution in [0.3, 0.4) is 0 Å². The number of rotatable bonds is 4. The van der Waals surface area contributed by atoms with Crippen LogP contribution in [0.1, 0.15) is 24.8 Å². The predicted molar refractivity (Wildman–Crippen MR) is 78.5 cm³/mol. The lowest BCUT2D eigenvalue weighted by Gasteiger charge is -2.21. The van der Waals surface area contributed by atoms with E-state index in [9.17, 15) is 9.18 Å². The van der Waals surface area contributed by atoms with E-state index in [0.717, 1.165) is 12.0 Å². The lowest BCUT2D eigenvalue weighted by atomic mass is 10.1. The molecule has 0 saturated heterocycles. The Labute approximate surface area is 123 Å². The predicted octanol–water partition coefficient (Wildman–Crippen LogP) is 2.72. The van der Waals surface area contributed by atoms with Crippen LogP contribution in [0.25, 0.3) is 0 Å². The van der Waals surface area contributed by atoms with E-state index in [-0.39, 0.29) is 23.6 Å². The number of anilines is 1. The largest absolute Gasteiger partial charge is 0.312 e. The second-order valence-corrected chi connectivity index (χ2v) is 5.46. The van der Waals surface area contributed by atoms with Crippen molar-refractivity contribution < 1.29 is 9.18 Å². The zero-order chi connectivity index (χ0) is 15.0. The Morgan fingerprint density at radius 3 is 2.95 bits per heavy atom. The third-order valence-corrected chi connectivity index (χ3v) is 3.96. The number of hydrogen-bond donors (Lipinski definition) is 0. The summed E-state index contributed by atoms with van der Waals surface area (Å²) in [6.45, 7) is 2.45. The zero-order valence-electron chi connectivity index (χ0n) is 12.2.